The minimum atomic E-state index is -0.319. The maximum atomic E-state index is 12.1. The normalized spacial score (nSPS) is 10.2. The first-order chi connectivity index (χ1) is 12.6. The summed E-state index contributed by atoms with van der Waals surface area (Å²) in [7, 11) is 0. The van der Waals surface area contributed by atoms with Crippen LogP contribution in [0.4, 0.5) is 5.69 Å². The summed E-state index contributed by atoms with van der Waals surface area (Å²) in [6.45, 7) is 6.02. The number of amides is 2. The van der Waals surface area contributed by atoms with Gasteiger partial charge in [0.25, 0.3) is 5.91 Å². The quantitative estimate of drug-likeness (QED) is 0.551. The SMILES string of the molecule is CCN(CC)c1ccc(C(=O)NNC(=O)CCSc2ccccc2)cc1. The van der Waals surface area contributed by atoms with Gasteiger partial charge in [0.05, 0.1) is 0 Å². The van der Waals surface area contributed by atoms with E-state index in [4.69, 9.17) is 0 Å². The molecule has 0 radical (unpaired) electrons. The van der Waals surface area contributed by atoms with Crippen molar-refractivity contribution >= 4 is 29.3 Å². The molecule has 0 aliphatic carbocycles. The van der Waals surface area contributed by atoms with E-state index in [0.29, 0.717) is 17.7 Å². The molecule has 0 bridgehead atoms. The number of thioether (sulfide) groups is 1. The summed E-state index contributed by atoms with van der Waals surface area (Å²) in [5, 5.41) is 0. The highest BCUT2D eigenvalue weighted by molar-refractivity contribution is 7.99. The molecule has 2 aromatic carbocycles. The van der Waals surface area contributed by atoms with Gasteiger partial charge in [-0.15, -0.1) is 11.8 Å². The van der Waals surface area contributed by atoms with Crippen LogP contribution in [0, 0.1) is 0 Å². The van der Waals surface area contributed by atoms with Crippen LogP contribution in [-0.2, 0) is 4.79 Å². The summed E-state index contributed by atoms with van der Waals surface area (Å²) in [6.07, 6.45) is 0.334. The van der Waals surface area contributed by atoms with Crippen molar-refractivity contribution in [2.75, 3.05) is 23.7 Å². The van der Waals surface area contributed by atoms with Gasteiger partial charge < -0.3 is 4.90 Å². The summed E-state index contributed by atoms with van der Waals surface area (Å²) in [4.78, 5) is 27.3. The number of hydrogen-bond donors (Lipinski definition) is 2. The van der Waals surface area contributed by atoms with Crippen molar-refractivity contribution in [1.29, 1.82) is 0 Å². The van der Waals surface area contributed by atoms with Gasteiger partial charge in [0, 0.05) is 41.4 Å². The smallest absolute Gasteiger partial charge is 0.269 e. The number of carbonyl (C=O) groups is 2. The molecule has 0 saturated carbocycles. The number of hydrogen-bond acceptors (Lipinski definition) is 4. The zero-order chi connectivity index (χ0) is 18.8. The van der Waals surface area contributed by atoms with Crippen molar-refractivity contribution in [3.63, 3.8) is 0 Å². The molecule has 0 fully saturated rings. The van der Waals surface area contributed by atoms with E-state index in [1.165, 1.54) is 0 Å². The predicted molar refractivity (Wildman–Crippen MR) is 107 cm³/mol. The monoisotopic (exact) mass is 371 g/mol. The number of nitrogens with zero attached hydrogens (tertiary/aromatic N) is 1. The topological polar surface area (TPSA) is 61.4 Å². The van der Waals surface area contributed by atoms with Gasteiger partial charge in [-0.05, 0) is 50.2 Å². The fourth-order valence-electron chi connectivity index (χ4n) is 2.45. The van der Waals surface area contributed by atoms with Crippen LogP contribution in [0.3, 0.4) is 0 Å². The number of nitrogens with one attached hydrogen (secondary N) is 2. The number of carbonyl (C=O) groups excluding carboxylic acids is 2. The third kappa shape index (κ3) is 6.11. The van der Waals surface area contributed by atoms with Gasteiger partial charge in [0.15, 0.2) is 0 Å². The van der Waals surface area contributed by atoms with Gasteiger partial charge in [-0.3, -0.25) is 20.4 Å². The molecule has 0 atom stereocenters. The highest BCUT2D eigenvalue weighted by atomic mass is 32.2. The van der Waals surface area contributed by atoms with Crippen molar-refractivity contribution in [3.05, 3.63) is 60.2 Å². The second-order valence-electron chi connectivity index (χ2n) is 5.63. The Hall–Kier alpha value is -2.47. The Bertz CT molecular complexity index is 701. The molecular weight excluding hydrogens is 346 g/mol. The maximum Gasteiger partial charge on any atom is 0.269 e. The average molecular weight is 372 g/mol. The van der Waals surface area contributed by atoms with Gasteiger partial charge in [-0.25, -0.2) is 0 Å². The van der Waals surface area contributed by atoms with E-state index in [1.54, 1.807) is 23.9 Å². The average Bonchev–Trinajstić information content (AvgIpc) is 2.68. The molecule has 0 unspecified atom stereocenters. The second kappa shape index (κ2) is 10.5. The highest BCUT2D eigenvalue weighted by Crippen LogP contribution is 2.17. The molecule has 2 aromatic rings. The van der Waals surface area contributed by atoms with Gasteiger partial charge >= 0.3 is 0 Å². The Kier molecular flexibility index (Phi) is 8.02. The van der Waals surface area contributed by atoms with Crippen molar-refractivity contribution in [3.8, 4) is 0 Å². The summed E-state index contributed by atoms with van der Waals surface area (Å²) in [5.41, 5.74) is 6.52. The molecule has 5 nitrogen and oxygen atoms in total. The highest BCUT2D eigenvalue weighted by Gasteiger charge is 2.09. The number of hydrazine groups is 1. The Labute approximate surface area is 159 Å². The van der Waals surface area contributed by atoms with Crippen LogP contribution in [-0.4, -0.2) is 30.7 Å². The van der Waals surface area contributed by atoms with E-state index in [2.05, 4.69) is 29.6 Å². The Balaban J connectivity index is 1.74. The van der Waals surface area contributed by atoms with Crippen LogP contribution in [0.2, 0.25) is 0 Å². The van der Waals surface area contributed by atoms with Gasteiger partial charge in [0.1, 0.15) is 0 Å². The first kappa shape index (κ1) is 19.8. The Morgan fingerprint density at radius 3 is 2.19 bits per heavy atom. The van der Waals surface area contributed by atoms with Crippen LogP contribution < -0.4 is 15.8 Å². The number of anilines is 1. The molecule has 0 heterocycles. The summed E-state index contributed by atoms with van der Waals surface area (Å²) >= 11 is 1.61. The number of rotatable bonds is 8. The van der Waals surface area contributed by atoms with E-state index < -0.39 is 0 Å². The minimum Gasteiger partial charge on any atom is -0.372 e. The molecule has 0 saturated heterocycles. The zero-order valence-corrected chi connectivity index (χ0v) is 16.0. The molecule has 2 rings (SSSR count). The van der Waals surface area contributed by atoms with E-state index in [0.717, 1.165) is 23.7 Å². The van der Waals surface area contributed by atoms with Gasteiger partial charge in [0.2, 0.25) is 5.91 Å². The summed E-state index contributed by atoms with van der Waals surface area (Å²) < 4.78 is 0. The van der Waals surface area contributed by atoms with Crippen molar-refractivity contribution in [2.45, 2.75) is 25.2 Å². The Morgan fingerprint density at radius 2 is 1.58 bits per heavy atom. The standard InChI is InChI=1S/C20H25N3O2S/c1-3-23(4-2)17-12-10-16(11-13-17)20(25)22-21-19(24)14-15-26-18-8-6-5-7-9-18/h5-13H,3-4,14-15H2,1-2H3,(H,21,24)(H,22,25). The molecule has 0 aromatic heterocycles. The molecule has 0 aliphatic rings. The molecule has 2 amide bonds. The fraction of sp³-hybridized carbons (Fsp3) is 0.300. The van der Waals surface area contributed by atoms with Crippen LogP contribution in [0.15, 0.2) is 59.5 Å². The van der Waals surface area contributed by atoms with Gasteiger partial charge in [-0.2, -0.15) is 0 Å². The lowest BCUT2D eigenvalue weighted by Crippen LogP contribution is -2.41. The van der Waals surface area contributed by atoms with E-state index in [9.17, 15) is 9.59 Å². The molecule has 0 aliphatic heterocycles. The van der Waals surface area contributed by atoms with Crippen molar-refractivity contribution < 1.29 is 9.59 Å². The van der Waals surface area contributed by atoms with Crippen molar-refractivity contribution in [2.24, 2.45) is 0 Å². The minimum absolute atomic E-state index is 0.207. The lowest BCUT2D eigenvalue weighted by atomic mass is 10.2. The van der Waals surface area contributed by atoms with Crippen molar-refractivity contribution in [1.82, 2.24) is 10.9 Å². The zero-order valence-electron chi connectivity index (χ0n) is 15.2. The van der Waals surface area contributed by atoms with Crippen LogP contribution in [0.25, 0.3) is 0 Å². The first-order valence-corrected chi connectivity index (χ1v) is 9.74. The van der Waals surface area contributed by atoms with Gasteiger partial charge in [-0.1, -0.05) is 18.2 Å². The molecule has 0 spiro atoms. The fourth-order valence-corrected chi connectivity index (χ4v) is 3.32. The number of benzene rings is 2. The molecule has 26 heavy (non-hydrogen) atoms. The third-order valence-electron chi connectivity index (χ3n) is 3.91. The van der Waals surface area contributed by atoms with E-state index >= 15 is 0 Å². The second-order valence-corrected chi connectivity index (χ2v) is 6.80. The van der Waals surface area contributed by atoms with E-state index in [1.807, 2.05) is 42.5 Å². The lowest BCUT2D eigenvalue weighted by molar-refractivity contribution is -0.121. The molecular formula is C20H25N3O2S. The Morgan fingerprint density at radius 1 is 0.923 bits per heavy atom. The molecule has 138 valence electrons. The summed E-state index contributed by atoms with van der Waals surface area (Å²) in [5.74, 6) is 0.131. The van der Waals surface area contributed by atoms with E-state index in [-0.39, 0.29) is 11.8 Å². The maximum absolute atomic E-state index is 12.1. The molecule has 2 N–H and O–H groups in total. The van der Waals surface area contributed by atoms with Crippen LogP contribution in [0.1, 0.15) is 30.6 Å². The largest absolute Gasteiger partial charge is 0.372 e. The lowest BCUT2D eigenvalue weighted by Gasteiger charge is -2.21. The molecule has 6 heteroatoms. The predicted octanol–water partition coefficient (Wildman–Crippen LogP) is 3.48. The van der Waals surface area contributed by atoms with Crippen LogP contribution in [0.5, 0.6) is 0 Å². The summed E-state index contributed by atoms with van der Waals surface area (Å²) in [6, 6.07) is 17.3. The first-order valence-electron chi connectivity index (χ1n) is 8.76. The third-order valence-corrected chi connectivity index (χ3v) is 4.93. The van der Waals surface area contributed by atoms with Crippen LogP contribution >= 0.6 is 11.8 Å².